The SMILES string of the molecule is CCCCCC1(C)N=C(c2ccc(Cl)cc2)c2c(sc(C)c2C)-n2c(C)nnc21. The Balaban J connectivity index is 2.00. The monoisotopic (exact) mass is 426 g/mol. The summed E-state index contributed by atoms with van der Waals surface area (Å²) in [4.78, 5) is 6.70. The van der Waals surface area contributed by atoms with E-state index in [4.69, 9.17) is 16.6 Å². The number of aromatic nitrogens is 3. The number of fused-ring (bicyclic) bond motifs is 3. The molecule has 4 nitrogen and oxygen atoms in total. The summed E-state index contributed by atoms with van der Waals surface area (Å²) < 4.78 is 2.23. The number of benzene rings is 1. The van der Waals surface area contributed by atoms with E-state index in [0.29, 0.717) is 0 Å². The fraction of sp³-hybridized carbons (Fsp3) is 0.435. The zero-order valence-electron chi connectivity index (χ0n) is 17.7. The van der Waals surface area contributed by atoms with Crippen molar-refractivity contribution < 1.29 is 0 Å². The van der Waals surface area contributed by atoms with Crippen LogP contribution in [0.2, 0.25) is 5.02 Å². The van der Waals surface area contributed by atoms with Crippen molar-refractivity contribution in [2.24, 2.45) is 4.99 Å². The van der Waals surface area contributed by atoms with Crippen LogP contribution in [0.5, 0.6) is 0 Å². The molecule has 1 unspecified atom stereocenters. The molecule has 1 aliphatic rings. The normalized spacial score (nSPS) is 18.2. The predicted octanol–water partition coefficient (Wildman–Crippen LogP) is 6.55. The lowest BCUT2D eigenvalue weighted by Gasteiger charge is -2.24. The summed E-state index contributed by atoms with van der Waals surface area (Å²) in [5.41, 5.74) is 4.16. The van der Waals surface area contributed by atoms with E-state index in [1.165, 1.54) is 33.8 Å². The van der Waals surface area contributed by atoms with Crippen LogP contribution in [0.4, 0.5) is 0 Å². The van der Waals surface area contributed by atoms with Crippen LogP contribution in [-0.2, 0) is 5.54 Å². The number of halogens is 1. The highest BCUT2D eigenvalue weighted by Gasteiger charge is 2.38. The Morgan fingerprint density at radius 2 is 1.79 bits per heavy atom. The van der Waals surface area contributed by atoms with Gasteiger partial charge in [0.05, 0.1) is 5.71 Å². The molecule has 0 radical (unpaired) electrons. The third-order valence-corrected chi connectivity index (χ3v) is 7.30. The standard InChI is InChI=1S/C23H27ClN4S/c1-6-7-8-13-23(5)22-27-26-16(4)28(22)21-19(14(2)15(3)29-21)20(25-23)17-9-11-18(24)12-10-17/h9-12H,6-8,13H2,1-5H3. The molecule has 1 atom stereocenters. The van der Waals surface area contributed by atoms with Gasteiger partial charge in [-0.15, -0.1) is 21.5 Å². The number of rotatable bonds is 5. The van der Waals surface area contributed by atoms with E-state index in [2.05, 4.69) is 54.6 Å². The maximum Gasteiger partial charge on any atom is 0.166 e. The minimum absolute atomic E-state index is 0.426. The van der Waals surface area contributed by atoms with Crippen LogP contribution in [0.15, 0.2) is 29.3 Å². The largest absolute Gasteiger partial charge is 0.271 e. The van der Waals surface area contributed by atoms with Crippen LogP contribution in [0.1, 0.15) is 72.7 Å². The van der Waals surface area contributed by atoms with Gasteiger partial charge < -0.3 is 0 Å². The first-order chi connectivity index (χ1) is 13.9. The second-order valence-corrected chi connectivity index (χ2v) is 9.71. The average Bonchev–Trinajstić information content (AvgIpc) is 3.18. The molecule has 4 rings (SSSR count). The lowest BCUT2D eigenvalue weighted by atomic mass is 9.93. The number of unbranched alkanes of at least 4 members (excludes halogenated alkanes) is 2. The highest BCUT2D eigenvalue weighted by molar-refractivity contribution is 7.15. The first-order valence-electron chi connectivity index (χ1n) is 10.2. The van der Waals surface area contributed by atoms with Crippen molar-refractivity contribution in [3.05, 3.63) is 62.5 Å². The Hall–Kier alpha value is -1.98. The molecule has 0 saturated carbocycles. The van der Waals surface area contributed by atoms with E-state index >= 15 is 0 Å². The number of nitrogens with zero attached hydrogens (tertiary/aromatic N) is 4. The van der Waals surface area contributed by atoms with E-state index < -0.39 is 5.54 Å². The van der Waals surface area contributed by atoms with Gasteiger partial charge in [-0.2, -0.15) is 0 Å². The highest BCUT2D eigenvalue weighted by atomic mass is 35.5. The van der Waals surface area contributed by atoms with Gasteiger partial charge in [0.2, 0.25) is 0 Å². The summed E-state index contributed by atoms with van der Waals surface area (Å²) in [6.45, 7) is 10.8. The van der Waals surface area contributed by atoms with Crippen molar-refractivity contribution in [3.8, 4) is 5.00 Å². The molecule has 3 heterocycles. The fourth-order valence-electron chi connectivity index (χ4n) is 4.06. The van der Waals surface area contributed by atoms with Gasteiger partial charge in [0.25, 0.3) is 0 Å². The van der Waals surface area contributed by atoms with Gasteiger partial charge in [0, 0.05) is 21.0 Å². The van der Waals surface area contributed by atoms with Crippen LogP contribution in [-0.4, -0.2) is 20.5 Å². The fourth-order valence-corrected chi connectivity index (χ4v) is 5.39. The van der Waals surface area contributed by atoms with E-state index in [9.17, 15) is 0 Å². The second-order valence-electron chi connectivity index (χ2n) is 8.07. The Morgan fingerprint density at radius 3 is 2.48 bits per heavy atom. The summed E-state index contributed by atoms with van der Waals surface area (Å²) in [6, 6.07) is 8.03. The smallest absolute Gasteiger partial charge is 0.166 e. The van der Waals surface area contributed by atoms with Gasteiger partial charge in [-0.3, -0.25) is 9.56 Å². The van der Waals surface area contributed by atoms with Gasteiger partial charge in [-0.1, -0.05) is 49.9 Å². The first kappa shape index (κ1) is 20.3. The van der Waals surface area contributed by atoms with Crippen molar-refractivity contribution in [3.63, 3.8) is 0 Å². The van der Waals surface area contributed by atoms with Gasteiger partial charge in [0.1, 0.15) is 16.4 Å². The van der Waals surface area contributed by atoms with E-state index in [-0.39, 0.29) is 0 Å². The maximum absolute atomic E-state index is 6.18. The summed E-state index contributed by atoms with van der Waals surface area (Å²) in [5, 5.41) is 11.0. The molecule has 3 aromatic rings. The molecule has 152 valence electrons. The van der Waals surface area contributed by atoms with Crippen LogP contribution >= 0.6 is 22.9 Å². The molecule has 2 aromatic heterocycles. The number of hydrogen-bond acceptors (Lipinski definition) is 4. The summed E-state index contributed by atoms with van der Waals surface area (Å²) >= 11 is 7.97. The van der Waals surface area contributed by atoms with Crippen molar-refractivity contribution >= 4 is 28.6 Å². The second kappa shape index (κ2) is 7.69. The molecular weight excluding hydrogens is 400 g/mol. The summed E-state index contributed by atoms with van der Waals surface area (Å²) in [5.74, 6) is 1.86. The van der Waals surface area contributed by atoms with Crippen LogP contribution in [0, 0.1) is 20.8 Å². The van der Waals surface area contributed by atoms with Crippen LogP contribution in [0.25, 0.3) is 5.00 Å². The molecule has 1 aromatic carbocycles. The quantitative estimate of drug-likeness (QED) is 0.434. The molecule has 1 aliphatic heterocycles. The van der Waals surface area contributed by atoms with Crippen LogP contribution < -0.4 is 0 Å². The maximum atomic E-state index is 6.18. The molecule has 0 amide bonds. The van der Waals surface area contributed by atoms with Gasteiger partial charge in [0.15, 0.2) is 5.82 Å². The number of aliphatic imine (C=N–C) groups is 1. The molecule has 6 heteroatoms. The van der Waals surface area contributed by atoms with Gasteiger partial charge in [-0.05, 0) is 51.8 Å². The lowest BCUT2D eigenvalue weighted by Crippen LogP contribution is -2.24. The first-order valence-corrected chi connectivity index (χ1v) is 11.4. The summed E-state index contributed by atoms with van der Waals surface area (Å²) in [7, 11) is 0. The van der Waals surface area contributed by atoms with Gasteiger partial charge >= 0.3 is 0 Å². The average molecular weight is 427 g/mol. The third kappa shape index (κ3) is 3.44. The highest BCUT2D eigenvalue weighted by Crippen LogP contribution is 2.42. The van der Waals surface area contributed by atoms with E-state index in [1.807, 2.05) is 19.1 Å². The van der Waals surface area contributed by atoms with Crippen molar-refractivity contribution in [1.82, 2.24) is 14.8 Å². The molecule has 0 N–H and O–H groups in total. The van der Waals surface area contributed by atoms with Crippen molar-refractivity contribution in [2.45, 2.75) is 65.8 Å². The minimum Gasteiger partial charge on any atom is -0.271 e. The zero-order valence-corrected chi connectivity index (χ0v) is 19.3. The van der Waals surface area contributed by atoms with E-state index in [0.717, 1.165) is 40.8 Å². The molecule has 0 saturated heterocycles. The van der Waals surface area contributed by atoms with Crippen LogP contribution in [0.3, 0.4) is 0 Å². The summed E-state index contributed by atoms with van der Waals surface area (Å²) in [6.07, 6.45) is 4.43. The molecule has 0 aliphatic carbocycles. The molecule has 0 fully saturated rings. The predicted molar refractivity (Wildman–Crippen MR) is 122 cm³/mol. The number of hydrogen-bond donors (Lipinski definition) is 0. The van der Waals surface area contributed by atoms with E-state index in [1.54, 1.807) is 11.3 Å². The lowest BCUT2D eigenvalue weighted by molar-refractivity contribution is 0.403. The Morgan fingerprint density at radius 1 is 1.07 bits per heavy atom. The minimum atomic E-state index is -0.426. The topological polar surface area (TPSA) is 43.1 Å². The molecular formula is C23H27ClN4S. The Kier molecular flexibility index (Phi) is 5.38. The zero-order chi connectivity index (χ0) is 20.8. The third-order valence-electron chi connectivity index (χ3n) is 5.86. The molecule has 29 heavy (non-hydrogen) atoms. The van der Waals surface area contributed by atoms with Gasteiger partial charge in [-0.25, -0.2) is 0 Å². The Bertz CT molecular complexity index is 1080. The molecule has 0 spiro atoms. The molecule has 0 bridgehead atoms. The Labute approximate surface area is 181 Å². The van der Waals surface area contributed by atoms with Crippen molar-refractivity contribution in [2.75, 3.05) is 0 Å². The van der Waals surface area contributed by atoms with Crippen molar-refractivity contribution in [1.29, 1.82) is 0 Å². The number of aryl methyl sites for hydroxylation is 2. The number of thiophene rings is 1.